The lowest BCUT2D eigenvalue weighted by Crippen LogP contribution is -2.38. The number of nitrogens with one attached hydrogen (secondary N) is 3. The van der Waals surface area contributed by atoms with E-state index in [4.69, 9.17) is 9.72 Å². The summed E-state index contributed by atoms with van der Waals surface area (Å²) in [6.45, 7) is 3.23. The smallest absolute Gasteiger partial charge is 0.228 e. The van der Waals surface area contributed by atoms with Crippen molar-refractivity contribution in [3.63, 3.8) is 0 Å². The summed E-state index contributed by atoms with van der Waals surface area (Å²) in [6.07, 6.45) is 4.57. The van der Waals surface area contributed by atoms with Crippen LogP contribution in [0.5, 0.6) is 11.6 Å². The third-order valence-corrected chi connectivity index (χ3v) is 6.45. The lowest BCUT2D eigenvalue weighted by atomic mass is 10.0. The Balaban J connectivity index is 1.45. The Bertz CT molecular complexity index is 1360. The zero-order chi connectivity index (χ0) is 25.6. The third kappa shape index (κ3) is 5.79. The van der Waals surface area contributed by atoms with E-state index in [1.54, 1.807) is 12.4 Å². The number of hydrogen-bond acceptors (Lipinski definition) is 8. The highest BCUT2D eigenvalue weighted by Crippen LogP contribution is 2.38. The average molecular weight is 503 g/mol. The van der Waals surface area contributed by atoms with Crippen molar-refractivity contribution < 1.29 is 14.2 Å². The highest BCUT2D eigenvalue weighted by atomic mass is 19.1. The Hall–Kier alpha value is -3.82. The van der Waals surface area contributed by atoms with Gasteiger partial charge in [-0.2, -0.15) is 0 Å². The van der Waals surface area contributed by atoms with Gasteiger partial charge in [-0.15, -0.1) is 0 Å². The first kappa shape index (κ1) is 24.9. The molecule has 1 aliphatic heterocycles. The largest absolute Gasteiger partial charge is 0.437 e. The number of rotatable bonds is 9. The van der Waals surface area contributed by atoms with Gasteiger partial charge in [-0.1, -0.05) is 24.3 Å². The molecule has 1 aliphatic rings. The molecule has 0 spiro atoms. The van der Waals surface area contributed by atoms with E-state index in [1.165, 1.54) is 0 Å². The Morgan fingerprint density at radius 1 is 1.11 bits per heavy atom. The van der Waals surface area contributed by atoms with Gasteiger partial charge >= 0.3 is 0 Å². The maximum Gasteiger partial charge on any atom is 0.228 e. The second-order valence-corrected chi connectivity index (χ2v) is 9.21. The summed E-state index contributed by atoms with van der Waals surface area (Å²) in [5.41, 5.74) is 3.20. The van der Waals surface area contributed by atoms with Gasteiger partial charge in [0.25, 0.3) is 0 Å². The van der Waals surface area contributed by atoms with Crippen molar-refractivity contribution in [1.82, 2.24) is 20.3 Å². The second kappa shape index (κ2) is 11.5. The number of fused-ring (bicyclic) bond motifs is 1. The molecule has 0 amide bonds. The van der Waals surface area contributed by atoms with Crippen LogP contribution in [0.25, 0.3) is 22.0 Å². The molecule has 0 aliphatic carbocycles. The first-order chi connectivity index (χ1) is 18.1. The number of aliphatic hydroxyl groups is 1. The summed E-state index contributed by atoms with van der Waals surface area (Å²) in [5, 5.41) is 21.4. The van der Waals surface area contributed by atoms with Gasteiger partial charge in [0.05, 0.1) is 17.4 Å². The molecule has 2 atom stereocenters. The molecule has 2 aromatic carbocycles. The van der Waals surface area contributed by atoms with Crippen molar-refractivity contribution >= 4 is 22.4 Å². The lowest BCUT2D eigenvalue weighted by Gasteiger charge is -2.23. The molecule has 192 valence electrons. The van der Waals surface area contributed by atoms with E-state index in [0.717, 1.165) is 53.5 Å². The van der Waals surface area contributed by atoms with E-state index in [-0.39, 0.29) is 6.54 Å². The minimum atomic E-state index is -1.06. The van der Waals surface area contributed by atoms with Gasteiger partial charge < -0.3 is 25.8 Å². The Morgan fingerprint density at radius 3 is 2.86 bits per heavy atom. The van der Waals surface area contributed by atoms with Crippen molar-refractivity contribution in [3.8, 4) is 22.9 Å². The number of halogens is 1. The average Bonchev–Trinajstić information content (AvgIpc) is 2.94. The molecule has 8 nitrogen and oxygen atoms in total. The molecular formula is C28H31FN6O2. The number of piperidine rings is 1. The van der Waals surface area contributed by atoms with E-state index in [1.807, 2.05) is 55.5 Å². The number of alkyl halides is 1. The summed E-state index contributed by atoms with van der Waals surface area (Å²) in [7, 11) is 0. The lowest BCUT2D eigenvalue weighted by molar-refractivity contribution is 0.151. The Morgan fingerprint density at radius 2 is 2.03 bits per heavy atom. The molecule has 37 heavy (non-hydrogen) atoms. The molecular weight excluding hydrogens is 471 g/mol. The maximum absolute atomic E-state index is 12.8. The molecule has 2 unspecified atom stereocenters. The molecule has 3 heterocycles. The van der Waals surface area contributed by atoms with Crippen molar-refractivity contribution in [2.45, 2.75) is 31.9 Å². The summed E-state index contributed by atoms with van der Waals surface area (Å²) in [5.74, 6) is 1.69. The number of anilines is 2. The molecule has 0 saturated carbocycles. The normalized spacial score (nSPS) is 16.4. The Labute approximate surface area is 215 Å². The van der Waals surface area contributed by atoms with E-state index < -0.39 is 12.8 Å². The highest BCUT2D eigenvalue weighted by molar-refractivity contribution is 5.98. The molecule has 1 saturated heterocycles. The number of aromatic nitrogens is 3. The number of aliphatic hydroxyl groups excluding tert-OH is 1. The summed E-state index contributed by atoms with van der Waals surface area (Å²) in [4.78, 5) is 13.7. The van der Waals surface area contributed by atoms with Crippen molar-refractivity contribution in [3.05, 3.63) is 66.5 Å². The van der Waals surface area contributed by atoms with Crippen LogP contribution in [0.15, 0.2) is 60.9 Å². The standard InChI is InChI=1S/C28H31FN6O2/c1-18-9-10-21-22(6-2-8-24(21)33-17-20(36)15-29)26(18)37-27-23(7-4-13-31-27)25-11-14-32-28(35-25)34-19-5-3-12-30-16-19/h2,4,6-11,13-14,19-20,30,33,36H,3,5,12,15-17H2,1H3,(H,32,34,35). The molecule has 1 fully saturated rings. The summed E-state index contributed by atoms with van der Waals surface area (Å²) < 4.78 is 19.2. The quantitative estimate of drug-likeness (QED) is 0.261. The van der Waals surface area contributed by atoms with Gasteiger partial charge in [-0.25, -0.2) is 19.3 Å². The highest BCUT2D eigenvalue weighted by Gasteiger charge is 2.17. The minimum absolute atomic E-state index is 0.116. The fraction of sp³-hybridized carbons (Fsp3) is 0.321. The predicted octanol–water partition coefficient (Wildman–Crippen LogP) is 4.70. The van der Waals surface area contributed by atoms with E-state index in [9.17, 15) is 9.50 Å². The molecule has 4 N–H and O–H groups in total. The molecule has 5 rings (SSSR count). The predicted molar refractivity (Wildman–Crippen MR) is 144 cm³/mol. The molecule has 9 heteroatoms. The fourth-order valence-corrected chi connectivity index (χ4v) is 4.51. The van der Waals surface area contributed by atoms with Crippen molar-refractivity contribution in [2.24, 2.45) is 0 Å². The van der Waals surface area contributed by atoms with Crippen LogP contribution in [0.1, 0.15) is 18.4 Å². The van der Waals surface area contributed by atoms with Gasteiger partial charge in [0.1, 0.15) is 12.4 Å². The third-order valence-electron chi connectivity index (χ3n) is 6.45. The zero-order valence-corrected chi connectivity index (χ0v) is 20.7. The molecule has 0 bridgehead atoms. The molecule has 0 radical (unpaired) electrons. The fourth-order valence-electron chi connectivity index (χ4n) is 4.51. The number of nitrogens with zero attached hydrogens (tertiary/aromatic N) is 3. The zero-order valence-electron chi connectivity index (χ0n) is 20.7. The van der Waals surface area contributed by atoms with Crippen molar-refractivity contribution in [2.75, 3.05) is 36.9 Å². The van der Waals surface area contributed by atoms with Crippen LogP contribution in [-0.2, 0) is 0 Å². The topological polar surface area (TPSA) is 104 Å². The number of ether oxygens (including phenoxy) is 1. The van der Waals surface area contributed by atoms with Gasteiger partial charge in [-0.05, 0) is 56.1 Å². The SMILES string of the molecule is Cc1ccc2c(NCC(O)CF)cccc2c1Oc1ncccc1-c1ccnc(NC2CCCNC2)n1. The van der Waals surface area contributed by atoms with Crippen LogP contribution in [-0.4, -0.2) is 58.5 Å². The van der Waals surface area contributed by atoms with Crippen LogP contribution >= 0.6 is 0 Å². The first-order valence-electron chi connectivity index (χ1n) is 12.6. The van der Waals surface area contributed by atoms with Crippen LogP contribution < -0.4 is 20.7 Å². The van der Waals surface area contributed by atoms with Gasteiger partial charge in [0.15, 0.2) is 0 Å². The van der Waals surface area contributed by atoms with Gasteiger partial charge in [-0.3, -0.25) is 0 Å². The van der Waals surface area contributed by atoms with Gasteiger partial charge in [0, 0.05) is 48.0 Å². The number of aryl methyl sites for hydroxylation is 1. The number of benzene rings is 2. The van der Waals surface area contributed by atoms with Crippen molar-refractivity contribution in [1.29, 1.82) is 0 Å². The van der Waals surface area contributed by atoms with E-state index in [2.05, 4.69) is 25.9 Å². The van der Waals surface area contributed by atoms with E-state index >= 15 is 0 Å². The van der Waals surface area contributed by atoms with Crippen LogP contribution in [0, 0.1) is 6.92 Å². The van der Waals surface area contributed by atoms with Crippen LogP contribution in [0.2, 0.25) is 0 Å². The maximum atomic E-state index is 12.8. The number of hydrogen-bond donors (Lipinski definition) is 4. The number of pyridine rings is 1. The van der Waals surface area contributed by atoms with Crippen LogP contribution in [0.4, 0.5) is 16.0 Å². The van der Waals surface area contributed by atoms with Crippen LogP contribution in [0.3, 0.4) is 0 Å². The monoisotopic (exact) mass is 502 g/mol. The summed E-state index contributed by atoms with van der Waals surface area (Å²) >= 11 is 0. The molecule has 4 aromatic rings. The molecule has 2 aromatic heterocycles. The second-order valence-electron chi connectivity index (χ2n) is 9.21. The first-order valence-corrected chi connectivity index (χ1v) is 12.6. The minimum Gasteiger partial charge on any atom is -0.437 e. The Kier molecular flexibility index (Phi) is 7.72. The van der Waals surface area contributed by atoms with E-state index in [0.29, 0.717) is 29.3 Å². The summed E-state index contributed by atoms with van der Waals surface area (Å²) in [6, 6.07) is 15.7. The van der Waals surface area contributed by atoms with Gasteiger partial charge in [0.2, 0.25) is 11.8 Å².